The van der Waals surface area contributed by atoms with E-state index in [1.807, 2.05) is 65.1 Å². The third-order valence-electron chi connectivity index (χ3n) is 28.5. The van der Waals surface area contributed by atoms with Crippen molar-refractivity contribution in [1.82, 2.24) is 36.8 Å². The Morgan fingerprint density at radius 3 is 1.25 bits per heavy atom. The summed E-state index contributed by atoms with van der Waals surface area (Å²) in [4.78, 5) is 20.0. The number of benzene rings is 7. The minimum atomic E-state index is 0.631. The van der Waals surface area contributed by atoms with Gasteiger partial charge in [-0.05, 0) is 227 Å². The van der Waals surface area contributed by atoms with E-state index >= 15 is 0 Å². The van der Waals surface area contributed by atoms with E-state index in [9.17, 15) is 0 Å². The van der Waals surface area contributed by atoms with E-state index in [0.717, 1.165) is 152 Å². The van der Waals surface area contributed by atoms with Crippen molar-refractivity contribution in [1.29, 1.82) is 0 Å². The fourth-order valence-corrected chi connectivity index (χ4v) is 24.5. The van der Waals surface area contributed by atoms with E-state index in [-0.39, 0.29) is 0 Å². The second-order valence-electron chi connectivity index (χ2n) is 36.0. The zero-order valence-corrected chi connectivity index (χ0v) is 72.1. The van der Waals surface area contributed by atoms with Crippen LogP contribution in [0.4, 0.5) is 39.1 Å². The number of fused-ring (bicyclic) bond motifs is 12. The number of anilines is 7. The Labute approximate surface area is 721 Å². The van der Waals surface area contributed by atoms with Crippen molar-refractivity contribution in [3.05, 3.63) is 208 Å². The zero-order valence-electron chi connectivity index (χ0n) is 67.4. The number of halogens is 4. The van der Waals surface area contributed by atoms with Crippen molar-refractivity contribution in [3.63, 3.8) is 0 Å². The molecule has 14 saturated heterocycles. The molecule has 0 aliphatic carbocycles. The number of para-hydroxylation sites is 1. The van der Waals surface area contributed by atoms with Gasteiger partial charge in [-0.2, -0.15) is 0 Å². The molecular weight excluding hydrogens is 1590 g/mol. The van der Waals surface area contributed by atoms with Gasteiger partial charge in [-0.1, -0.05) is 88.9 Å². The summed E-state index contributed by atoms with van der Waals surface area (Å²) in [5, 5.41) is 33.5. The summed E-state index contributed by atoms with van der Waals surface area (Å²) in [5.74, 6) is 11.7. The molecule has 26 rings (SSSR count). The number of hydrogen-bond donors (Lipinski definition) is 6. The molecule has 0 radical (unpaired) electrons. The maximum atomic E-state index is 6.07. The summed E-state index contributed by atoms with van der Waals surface area (Å²) >= 11 is 27.8. The number of nitrogens with zero attached hydrogens (tertiary/aromatic N) is 8. The van der Waals surface area contributed by atoms with Crippen LogP contribution in [0.25, 0.3) is 53.1 Å². The van der Waals surface area contributed by atoms with Crippen LogP contribution < -0.4 is 66.2 Å². The van der Waals surface area contributed by atoms with Gasteiger partial charge in [0, 0.05) is 237 Å². The summed E-state index contributed by atoms with van der Waals surface area (Å²) in [6.07, 6.45) is 5.33. The van der Waals surface area contributed by atoms with E-state index in [1.54, 1.807) is 18.8 Å². The molecule has 14 aliphatic rings. The molecule has 19 heterocycles. The third kappa shape index (κ3) is 17.0. The minimum Gasteiger partial charge on any atom is -0.464 e. The molecule has 0 bridgehead atoms. The van der Waals surface area contributed by atoms with Gasteiger partial charge in [0.25, 0.3) is 0 Å². The predicted octanol–water partition coefficient (Wildman–Crippen LogP) is 17.0. The minimum absolute atomic E-state index is 0.631. The van der Waals surface area contributed by atoms with Crippen molar-refractivity contribution >= 4 is 161 Å². The normalized spacial score (nSPS) is 28.1. The van der Waals surface area contributed by atoms with Crippen LogP contribution in [0.1, 0.15) is 0 Å². The highest BCUT2D eigenvalue weighted by Crippen LogP contribution is 2.43. The van der Waals surface area contributed by atoms with Gasteiger partial charge in [0.1, 0.15) is 11.2 Å². The monoisotopic (exact) mass is 1700 g/mol. The van der Waals surface area contributed by atoms with E-state index in [4.69, 9.17) is 59.7 Å². The molecule has 0 spiro atoms. The maximum absolute atomic E-state index is 6.07. The van der Waals surface area contributed by atoms with Crippen molar-refractivity contribution in [2.24, 2.45) is 82.9 Å². The number of furan rings is 3. The molecule has 118 heavy (non-hydrogen) atoms. The Morgan fingerprint density at radius 2 is 0.712 bits per heavy atom. The first-order valence-electron chi connectivity index (χ1n) is 43.3. The lowest BCUT2D eigenvalue weighted by Crippen LogP contribution is -2.26. The molecule has 23 heteroatoms. The van der Waals surface area contributed by atoms with Crippen LogP contribution in [-0.2, 0) is 0 Å². The first-order chi connectivity index (χ1) is 57.9. The molecule has 6 N–H and O–H groups in total. The molecule has 0 amide bonds. The van der Waals surface area contributed by atoms with Crippen LogP contribution in [0.15, 0.2) is 201 Å². The number of likely N-dealkylation sites (tertiary alicyclic amines) is 1. The Kier molecular flexibility index (Phi) is 23.6. The lowest BCUT2D eigenvalue weighted by Gasteiger charge is -2.21. The van der Waals surface area contributed by atoms with Gasteiger partial charge in [0.05, 0.1) is 49.6 Å². The van der Waals surface area contributed by atoms with E-state index in [0.29, 0.717) is 20.1 Å². The fraction of sp³-hybridized carbons (Fsp3) is 0.453. The number of thiophene rings is 2. The SMILES string of the molecule is CN1CC2CN(c3ccc(Cl)c(Cl)c3)CC2C1.Clc1ccc(N2CC3CNCC3C2)cc1Cl.c1cc(N2CC3CNCC3C2)c2ccoc2c1.c1cc(N2CC3CNCC3C2)c2occc2c1.c1cc2cc(N3CC4CNCC4C3)ccc2o1.c1cc2ccc(N3CC4CNCC4C3)cc2s1.c1ccc2sc(N3CC4CNCC4C3)cc2c1. The quantitative estimate of drug-likeness (QED) is 0.0902. The number of hydrogen-bond acceptors (Lipinski definition) is 19. The maximum Gasteiger partial charge on any atom is 0.157 e. The summed E-state index contributed by atoms with van der Waals surface area (Å²) in [6.45, 7) is 33.3. The summed E-state index contributed by atoms with van der Waals surface area (Å²) in [6, 6.07) is 57.4. The smallest absolute Gasteiger partial charge is 0.157 e. The Balaban J connectivity index is 0.0000000884. The van der Waals surface area contributed by atoms with Gasteiger partial charge in [0.2, 0.25) is 0 Å². The van der Waals surface area contributed by atoms with Crippen LogP contribution in [0, 0.1) is 82.9 Å². The summed E-state index contributed by atoms with van der Waals surface area (Å²) in [5.41, 5.74) is 10.8. The lowest BCUT2D eigenvalue weighted by atomic mass is 10.0. The van der Waals surface area contributed by atoms with Gasteiger partial charge in [-0.15, -0.1) is 22.7 Å². The van der Waals surface area contributed by atoms with Crippen molar-refractivity contribution < 1.29 is 13.3 Å². The highest BCUT2D eigenvalue weighted by molar-refractivity contribution is 7.22. The highest BCUT2D eigenvalue weighted by Gasteiger charge is 2.43. The zero-order chi connectivity index (χ0) is 79.3. The topological polar surface area (TPSA) is 138 Å². The molecule has 618 valence electrons. The standard InChI is InChI=1S/3C14H16N2O.2C14H16N2S.C13H16Cl2N2.C12H14Cl2N2/c1-2-14-10(3-4-17-14)5-13(1)16-8-11-6-15-7-12(11)9-16;1-2-13(12-4-5-17-14(12)3-1)16-8-10-6-15-7-11(10)9-16;1-2-10-4-5-17-14(10)13(3-1)16-8-11-6-15-7-12(11)9-16;1-2-13(5-14-10(1)3-4-17-14)16-8-11-6-15-7-12(11)9-16;1-2-4-13-10(3-1)5-14(17-13)16-8-11-6-15-7-12(11)9-16;1-16-5-9-7-17(8-10(9)6-16)11-2-3-12(14)13(15)4-11;13-11-2-1-10(3-12(11)14)16-6-8-4-15-5-9(8)7-16/h1-5,11-12,15H,6-9H2;1-5,10-11,15H,6-9H2;3*1-5,11-12,15H,6-9H2;2-4,9-10H,5-8H2,1H3;1-3,8-9,15H,4-7H2. The Bertz CT molecular complexity index is 5080. The van der Waals surface area contributed by atoms with Crippen molar-refractivity contribution in [3.8, 4) is 0 Å². The van der Waals surface area contributed by atoms with Gasteiger partial charge in [-0.3, -0.25) is 0 Å². The largest absolute Gasteiger partial charge is 0.464 e. The third-order valence-corrected chi connectivity index (χ3v) is 32.0. The van der Waals surface area contributed by atoms with E-state index in [2.05, 4.69) is 205 Å². The highest BCUT2D eigenvalue weighted by atomic mass is 35.5. The molecule has 14 atom stereocenters. The number of rotatable bonds is 7. The lowest BCUT2D eigenvalue weighted by molar-refractivity contribution is 0.387. The molecule has 14 aliphatic heterocycles. The van der Waals surface area contributed by atoms with Crippen LogP contribution in [0.3, 0.4) is 0 Å². The average molecular weight is 1700 g/mol. The van der Waals surface area contributed by atoms with Gasteiger partial charge in [0.15, 0.2) is 5.58 Å². The molecule has 5 aromatic heterocycles. The van der Waals surface area contributed by atoms with Crippen LogP contribution in [0.5, 0.6) is 0 Å². The van der Waals surface area contributed by atoms with Crippen molar-refractivity contribution in [2.45, 2.75) is 0 Å². The molecule has 17 nitrogen and oxygen atoms in total. The van der Waals surface area contributed by atoms with Crippen LogP contribution in [0.2, 0.25) is 20.1 Å². The Morgan fingerprint density at radius 1 is 0.297 bits per heavy atom. The fourth-order valence-electron chi connectivity index (χ4n) is 22.0. The molecule has 12 aromatic rings. The van der Waals surface area contributed by atoms with E-state index < -0.39 is 0 Å². The second kappa shape index (κ2) is 35.2. The number of nitrogens with one attached hydrogen (secondary N) is 6. The van der Waals surface area contributed by atoms with E-state index in [1.165, 1.54) is 206 Å². The molecule has 14 unspecified atom stereocenters. The molecular formula is C95H110Cl4N14O3S2. The average Bonchev–Trinajstić information content (AvgIpc) is 1.63. The van der Waals surface area contributed by atoms with Gasteiger partial charge >= 0.3 is 0 Å². The molecule has 14 fully saturated rings. The first-order valence-corrected chi connectivity index (χ1v) is 46.5. The van der Waals surface area contributed by atoms with Gasteiger partial charge in [-0.25, -0.2) is 0 Å². The summed E-state index contributed by atoms with van der Waals surface area (Å²) < 4.78 is 19.3. The first kappa shape index (κ1) is 79.1. The Hall–Kier alpha value is -7.44. The van der Waals surface area contributed by atoms with Gasteiger partial charge < -0.3 is 84.4 Å². The molecule has 7 aromatic carbocycles. The predicted molar refractivity (Wildman–Crippen MR) is 494 cm³/mol. The van der Waals surface area contributed by atoms with Crippen molar-refractivity contribution in [2.75, 3.05) is 225 Å². The van der Waals surface area contributed by atoms with Crippen LogP contribution >= 0.6 is 69.1 Å². The van der Waals surface area contributed by atoms with Crippen LogP contribution in [-0.4, -0.2) is 195 Å². The molecule has 0 saturated carbocycles. The summed E-state index contributed by atoms with van der Waals surface area (Å²) in [7, 11) is 2.21. The second-order valence-corrected chi connectivity index (χ2v) is 39.6.